The van der Waals surface area contributed by atoms with Gasteiger partial charge in [-0.3, -0.25) is 4.79 Å². The molecule has 2 aromatic rings. The molecule has 0 aromatic heterocycles. The summed E-state index contributed by atoms with van der Waals surface area (Å²) in [6.45, 7) is 3.93. The van der Waals surface area contributed by atoms with Crippen molar-refractivity contribution >= 4 is 27.7 Å². The van der Waals surface area contributed by atoms with Crippen molar-refractivity contribution in [2.75, 3.05) is 13.7 Å². The van der Waals surface area contributed by atoms with Crippen molar-refractivity contribution < 1.29 is 19.1 Å². The summed E-state index contributed by atoms with van der Waals surface area (Å²) in [6, 6.07) is 15.6. The van der Waals surface area contributed by atoms with E-state index in [1.54, 1.807) is 14.0 Å². The first-order chi connectivity index (χ1) is 15.4. The van der Waals surface area contributed by atoms with Crippen LogP contribution >= 0.6 is 15.9 Å². The van der Waals surface area contributed by atoms with E-state index in [0.717, 1.165) is 32.7 Å². The molecule has 2 atom stereocenters. The van der Waals surface area contributed by atoms with E-state index in [0.29, 0.717) is 24.0 Å². The van der Waals surface area contributed by atoms with Crippen molar-refractivity contribution in [3.8, 4) is 5.75 Å². The van der Waals surface area contributed by atoms with E-state index in [1.165, 1.54) is 0 Å². The number of para-hydroxylation sites is 1. The third-order valence-electron chi connectivity index (χ3n) is 6.08. The smallest absolute Gasteiger partial charge is 0.336 e. The van der Waals surface area contributed by atoms with Crippen molar-refractivity contribution in [2.45, 2.75) is 38.5 Å². The molecule has 0 saturated carbocycles. The molecule has 1 aliphatic carbocycles. The molecule has 32 heavy (non-hydrogen) atoms. The normalized spacial score (nSPS) is 20.6. The van der Waals surface area contributed by atoms with Gasteiger partial charge in [-0.1, -0.05) is 46.3 Å². The van der Waals surface area contributed by atoms with Crippen molar-refractivity contribution in [1.82, 2.24) is 5.32 Å². The number of benzene rings is 2. The molecule has 2 unspecified atom stereocenters. The predicted octanol–water partition coefficient (Wildman–Crippen LogP) is 5.38. The van der Waals surface area contributed by atoms with Gasteiger partial charge in [0.2, 0.25) is 0 Å². The molecule has 0 saturated heterocycles. The molecule has 1 aliphatic heterocycles. The van der Waals surface area contributed by atoms with Crippen LogP contribution in [-0.2, 0) is 14.3 Å². The average Bonchev–Trinajstić information content (AvgIpc) is 2.78. The first-order valence-corrected chi connectivity index (χ1v) is 11.5. The highest BCUT2D eigenvalue weighted by atomic mass is 79.9. The molecular formula is C26H26BrNO4. The lowest BCUT2D eigenvalue weighted by molar-refractivity contribution is -0.138. The summed E-state index contributed by atoms with van der Waals surface area (Å²) >= 11 is 3.53. The summed E-state index contributed by atoms with van der Waals surface area (Å²) in [6.07, 6.45) is 1.03. The van der Waals surface area contributed by atoms with E-state index in [1.807, 2.05) is 55.5 Å². The molecule has 0 radical (unpaired) electrons. The molecular weight excluding hydrogens is 470 g/mol. The number of ketones is 1. The largest absolute Gasteiger partial charge is 0.496 e. The molecule has 5 nitrogen and oxygen atoms in total. The Morgan fingerprint density at radius 1 is 1.16 bits per heavy atom. The van der Waals surface area contributed by atoms with Gasteiger partial charge >= 0.3 is 5.97 Å². The molecule has 0 fully saturated rings. The Bertz CT molecular complexity index is 1130. The topological polar surface area (TPSA) is 64.6 Å². The minimum atomic E-state index is -0.464. The van der Waals surface area contributed by atoms with Crippen LogP contribution in [0.2, 0.25) is 0 Å². The van der Waals surface area contributed by atoms with Gasteiger partial charge in [0, 0.05) is 39.7 Å². The number of nitrogens with one attached hydrogen (secondary N) is 1. The van der Waals surface area contributed by atoms with Crippen LogP contribution in [0.5, 0.6) is 5.75 Å². The second-order valence-corrected chi connectivity index (χ2v) is 8.95. The maximum Gasteiger partial charge on any atom is 0.336 e. The highest BCUT2D eigenvalue weighted by Gasteiger charge is 2.41. The predicted molar refractivity (Wildman–Crippen MR) is 126 cm³/mol. The van der Waals surface area contributed by atoms with Crippen molar-refractivity contribution in [3.63, 3.8) is 0 Å². The van der Waals surface area contributed by atoms with Crippen LogP contribution in [-0.4, -0.2) is 25.5 Å². The van der Waals surface area contributed by atoms with Crippen LogP contribution in [0.4, 0.5) is 0 Å². The third-order valence-corrected chi connectivity index (χ3v) is 6.58. The van der Waals surface area contributed by atoms with Crippen molar-refractivity contribution in [1.29, 1.82) is 0 Å². The lowest BCUT2D eigenvalue weighted by Gasteiger charge is -2.37. The van der Waals surface area contributed by atoms with Gasteiger partial charge in [0.15, 0.2) is 5.78 Å². The van der Waals surface area contributed by atoms with Crippen LogP contribution in [0.1, 0.15) is 49.7 Å². The first kappa shape index (κ1) is 22.3. The van der Waals surface area contributed by atoms with E-state index < -0.39 is 11.9 Å². The molecule has 2 aliphatic rings. The number of methoxy groups -OCH3 is 1. The number of allylic oxidation sites excluding steroid dienone is 3. The van der Waals surface area contributed by atoms with E-state index in [9.17, 15) is 9.59 Å². The zero-order valence-corrected chi connectivity index (χ0v) is 20.0. The molecule has 1 N–H and O–H groups in total. The SMILES string of the molecule is CCOC(=O)C1=C(C)NC2=C(C(=O)CC(c3ccccc3OC)C2)C1c1cccc(Br)c1. The van der Waals surface area contributed by atoms with Gasteiger partial charge < -0.3 is 14.8 Å². The second-order valence-electron chi connectivity index (χ2n) is 8.03. The Hall–Kier alpha value is -2.86. The minimum absolute atomic E-state index is 0.00463. The summed E-state index contributed by atoms with van der Waals surface area (Å²) in [5.74, 6) is -0.0327. The molecule has 6 heteroatoms. The molecule has 0 spiro atoms. The monoisotopic (exact) mass is 495 g/mol. The second kappa shape index (κ2) is 9.33. The van der Waals surface area contributed by atoms with Crippen LogP contribution in [0, 0.1) is 0 Å². The molecule has 2 aromatic carbocycles. The fraction of sp³-hybridized carbons (Fsp3) is 0.308. The maximum atomic E-state index is 13.6. The average molecular weight is 496 g/mol. The Labute approximate surface area is 196 Å². The summed E-state index contributed by atoms with van der Waals surface area (Å²) in [5, 5.41) is 3.37. The fourth-order valence-electron chi connectivity index (χ4n) is 4.76. The third kappa shape index (κ3) is 4.11. The Morgan fingerprint density at radius 2 is 1.94 bits per heavy atom. The van der Waals surface area contributed by atoms with E-state index in [-0.39, 0.29) is 18.3 Å². The first-order valence-electron chi connectivity index (χ1n) is 10.7. The van der Waals surface area contributed by atoms with E-state index in [4.69, 9.17) is 9.47 Å². The number of dihydropyridines is 1. The zero-order chi connectivity index (χ0) is 22.8. The summed E-state index contributed by atoms with van der Waals surface area (Å²) in [7, 11) is 1.65. The van der Waals surface area contributed by atoms with Gasteiger partial charge in [-0.25, -0.2) is 4.79 Å². The molecule has 4 rings (SSSR count). The quantitative estimate of drug-likeness (QED) is 0.563. The number of halogens is 1. The van der Waals surface area contributed by atoms with Gasteiger partial charge in [0.1, 0.15) is 5.75 Å². The lowest BCUT2D eigenvalue weighted by Crippen LogP contribution is -2.36. The van der Waals surface area contributed by atoms with Gasteiger partial charge in [-0.05, 0) is 49.6 Å². The van der Waals surface area contributed by atoms with Gasteiger partial charge in [-0.2, -0.15) is 0 Å². The number of rotatable bonds is 5. The maximum absolute atomic E-state index is 13.6. The number of hydrogen-bond acceptors (Lipinski definition) is 5. The summed E-state index contributed by atoms with van der Waals surface area (Å²) < 4.78 is 11.8. The van der Waals surface area contributed by atoms with E-state index in [2.05, 4.69) is 21.2 Å². The number of ether oxygens (including phenoxy) is 2. The Balaban J connectivity index is 1.81. The van der Waals surface area contributed by atoms with Crippen LogP contribution < -0.4 is 10.1 Å². The highest BCUT2D eigenvalue weighted by Crippen LogP contribution is 2.47. The molecule has 0 bridgehead atoms. The molecule has 0 amide bonds. The fourth-order valence-corrected chi connectivity index (χ4v) is 5.18. The molecule has 1 heterocycles. The number of hydrogen-bond donors (Lipinski definition) is 1. The highest BCUT2D eigenvalue weighted by molar-refractivity contribution is 9.10. The van der Waals surface area contributed by atoms with Crippen molar-refractivity contribution in [3.05, 3.63) is 86.7 Å². The minimum Gasteiger partial charge on any atom is -0.496 e. The number of carbonyl (C=O) groups excluding carboxylic acids is 2. The van der Waals surface area contributed by atoms with Gasteiger partial charge in [0.05, 0.1) is 19.3 Å². The summed E-state index contributed by atoms with van der Waals surface area (Å²) in [5.41, 5.74) is 4.65. The standard InChI is InChI=1S/C26H26BrNO4/c1-4-32-26(30)23-15(2)28-20-13-17(19-10-5-6-11-22(19)31-3)14-21(29)25(20)24(23)16-8-7-9-18(27)12-16/h5-12,17,24,28H,4,13-14H2,1-3H3. The zero-order valence-electron chi connectivity index (χ0n) is 18.4. The summed E-state index contributed by atoms with van der Waals surface area (Å²) in [4.78, 5) is 26.5. The lowest BCUT2D eigenvalue weighted by atomic mass is 9.71. The van der Waals surface area contributed by atoms with Crippen LogP contribution in [0.3, 0.4) is 0 Å². The number of carbonyl (C=O) groups is 2. The van der Waals surface area contributed by atoms with Crippen molar-refractivity contribution in [2.24, 2.45) is 0 Å². The van der Waals surface area contributed by atoms with Crippen LogP contribution in [0.25, 0.3) is 0 Å². The van der Waals surface area contributed by atoms with Gasteiger partial charge in [0.25, 0.3) is 0 Å². The Kier molecular flexibility index (Phi) is 6.51. The number of esters is 1. The van der Waals surface area contributed by atoms with E-state index >= 15 is 0 Å². The number of Topliss-reactive ketones (excluding diaryl/α,β-unsaturated/α-hetero) is 1. The molecule has 166 valence electrons. The van der Waals surface area contributed by atoms with Gasteiger partial charge in [-0.15, -0.1) is 0 Å². The van der Waals surface area contributed by atoms with Crippen LogP contribution in [0.15, 0.2) is 75.5 Å². The Morgan fingerprint density at radius 3 is 2.66 bits per heavy atom.